The largest absolute Gasteiger partial charge is 0.394 e. The Labute approximate surface area is 80.5 Å². The zero-order chi connectivity index (χ0) is 9.26. The van der Waals surface area contributed by atoms with Crippen LogP contribution in [0.2, 0.25) is 5.15 Å². The maximum atomic E-state index is 5.74. The first-order valence-electron chi connectivity index (χ1n) is 3.84. The molecule has 66 valence electrons. The standard InChI is InChI=1S/C9H8ClN3/c10-9-7(11)8(12-13-9)6-4-2-1-3-5-6/h1-5H,11H2,(H,12,13). The second-order valence-corrected chi connectivity index (χ2v) is 3.04. The molecule has 0 radical (unpaired) electrons. The Morgan fingerprint density at radius 3 is 2.46 bits per heavy atom. The highest BCUT2D eigenvalue weighted by molar-refractivity contribution is 6.32. The van der Waals surface area contributed by atoms with Crippen molar-refractivity contribution < 1.29 is 0 Å². The zero-order valence-electron chi connectivity index (χ0n) is 6.79. The average Bonchev–Trinajstić information content (AvgIpc) is 2.49. The predicted octanol–water partition coefficient (Wildman–Crippen LogP) is 2.31. The molecule has 3 N–H and O–H groups in total. The summed E-state index contributed by atoms with van der Waals surface area (Å²) in [6.45, 7) is 0. The second-order valence-electron chi connectivity index (χ2n) is 2.67. The number of H-pyrrole nitrogens is 1. The predicted molar refractivity (Wildman–Crippen MR) is 53.4 cm³/mol. The van der Waals surface area contributed by atoms with Crippen LogP contribution in [0.15, 0.2) is 30.3 Å². The first-order chi connectivity index (χ1) is 6.29. The average molecular weight is 194 g/mol. The summed E-state index contributed by atoms with van der Waals surface area (Å²) in [4.78, 5) is 0. The molecule has 13 heavy (non-hydrogen) atoms. The van der Waals surface area contributed by atoms with E-state index in [-0.39, 0.29) is 0 Å². The molecule has 2 rings (SSSR count). The van der Waals surface area contributed by atoms with Crippen molar-refractivity contribution in [1.82, 2.24) is 10.2 Å². The van der Waals surface area contributed by atoms with Crippen molar-refractivity contribution in [2.45, 2.75) is 0 Å². The number of nitrogen functional groups attached to an aromatic ring is 1. The van der Waals surface area contributed by atoms with Crippen LogP contribution in [-0.2, 0) is 0 Å². The quantitative estimate of drug-likeness (QED) is 0.730. The van der Waals surface area contributed by atoms with Crippen molar-refractivity contribution >= 4 is 17.3 Å². The number of aromatic amines is 1. The third-order valence-electron chi connectivity index (χ3n) is 1.80. The third-order valence-corrected chi connectivity index (χ3v) is 2.09. The molecule has 0 amide bonds. The van der Waals surface area contributed by atoms with E-state index in [1.165, 1.54) is 0 Å². The Balaban J connectivity index is 2.53. The Hall–Kier alpha value is -1.48. The summed E-state index contributed by atoms with van der Waals surface area (Å²) in [6.07, 6.45) is 0. The van der Waals surface area contributed by atoms with E-state index >= 15 is 0 Å². The summed E-state index contributed by atoms with van der Waals surface area (Å²) in [5.41, 5.74) is 7.86. The van der Waals surface area contributed by atoms with Crippen molar-refractivity contribution in [3.63, 3.8) is 0 Å². The molecule has 0 unspecified atom stereocenters. The molecule has 1 aromatic carbocycles. The lowest BCUT2D eigenvalue weighted by Gasteiger charge is -1.96. The molecule has 0 atom stereocenters. The van der Waals surface area contributed by atoms with Gasteiger partial charge in [-0.2, -0.15) is 5.10 Å². The van der Waals surface area contributed by atoms with Crippen molar-refractivity contribution in [2.75, 3.05) is 5.73 Å². The SMILES string of the molecule is Nc1c(-c2ccccc2)n[nH]c1Cl. The molecule has 0 saturated carbocycles. The van der Waals surface area contributed by atoms with E-state index in [4.69, 9.17) is 17.3 Å². The molecule has 2 aromatic rings. The number of anilines is 1. The lowest BCUT2D eigenvalue weighted by molar-refractivity contribution is 1.10. The highest BCUT2D eigenvalue weighted by Crippen LogP contribution is 2.28. The van der Waals surface area contributed by atoms with E-state index < -0.39 is 0 Å². The molecule has 1 aromatic heterocycles. The summed E-state index contributed by atoms with van der Waals surface area (Å²) < 4.78 is 0. The molecule has 0 bridgehead atoms. The minimum absolute atomic E-state index is 0.388. The third kappa shape index (κ3) is 1.38. The van der Waals surface area contributed by atoms with E-state index in [0.29, 0.717) is 16.5 Å². The van der Waals surface area contributed by atoms with Gasteiger partial charge in [0, 0.05) is 5.56 Å². The fourth-order valence-electron chi connectivity index (χ4n) is 1.15. The summed E-state index contributed by atoms with van der Waals surface area (Å²) in [7, 11) is 0. The van der Waals surface area contributed by atoms with Crippen LogP contribution in [0, 0.1) is 0 Å². The second kappa shape index (κ2) is 3.11. The maximum absolute atomic E-state index is 5.74. The Bertz CT molecular complexity index is 408. The number of aromatic nitrogens is 2. The molecule has 4 heteroatoms. The van der Waals surface area contributed by atoms with Crippen LogP contribution < -0.4 is 5.73 Å². The van der Waals surface area contributed by atoms with Gasteiger partial charge in [-0.3, -0.25) is 5.10 Å². The van der Waals surface area contributed by atoms with Gasteiger partial charge in [-0.05, 0) is 0 Å². The summed E-state index contributed by atoms with van der Waals surface area (Å²) in [5.74, 6) is 0. The Morgan fingerprint density at radius 1 is 1.23 bits per heavy atom. The molecule has 0 fully saturated rings. The molecule has 0 aliphatic rings. The molecule has 0 aliphatic heterocycles. The summed E-state index contributed by atoms with van der Waals surface area (Å²) in [5, 5.41) is 7.02. The molecule has 0 saturated heterocycles. The lowest BCUT2D eigenvalue weighted by atomic mass is 10.1. The number of rotatable bonds is 1. The molecule has 0 aliphatic carbocycles. The van der Waals surface area contributed by atoms with Crippen molar-refractivity contribution in [3.05, 3.63) is 35.5 Å². The van der Waals surface area contributed by atoms with E-state index in [1.54, 1.807) is 0 Å². The van der Waals surface area contributed by atoms with Gasteiger partial charge in [-0.1, -0.05) is 41.9 Å². The van der Waals surface area contributed by atoms with E-state index in [0.717, 1.165) is 5.56 Å². The fraction of sp³-hybridized carbons (Fsp3) is 0. The minimum Gasteiger partial charge on any atom is -0.394 e. The molecule has 0 spiro atoms. The van der Waals surface area contributed by atoms with Crippen LogP contribution in [0.5, 0.6) is 0 Å². The highest BCUT2D eigenvalue weighted by atomic mass is 35.5. The van der Waals surface area contributed by atoms with Crippen LogP contribution in [-0.4, -0.2) is 10.2 Å². The molecular formula is C9H8ClN3. The van der Waals surface area contributed by atoms with Crippen molar-refractivity contribution in [2.24, 2.45) is 0 Å². The maximum Gasteiger partial charge on any atom is 0.148 e. The normalized spacial score (nSPS) is 10.2. The van der Waals surface area contributed by atoms with Crippen molar-refractivity contribution in [1.29, 1.82) is 0 Å². The van der Waals surface area contributed by atoms with Gasteiger partial charge >= 0.3 is 0 Å². The first-order valence-corrected chi connectivity index (χ1v) is 4.21. The zero-order valence-corrected chi connectivity index (χ0v) is 7.55. The molecule has 1 heterocycles. The summed E-state index contributed by atoms with van der Waals surface area (Å²) in [6, 6.07) is 9.66. The van der Waals surface area contributed by atoms with Gasteiger partial charge in [0.1, 0.15) is 10.8 Å². The van der Waals surface area contributed by atoms with Gasteiger partial charge in [-0.25, -0.2) is 0 Å². The number of nitrogens with zero attached hydrogens (tertiary/aromatic N) is 1. The minimum atomic E-state index is 0.388. The van der Waals surface area contributed by atoms with Gasteiger partial charge in [0.05, 0.1) is 5.69 Å². The van der Waals surface area contributed by atoms with Gasteiger partial charge in [-0.15, -0.1) is 0 Å². The van der Waals surface area contributed by atoms with E-state index in [1.807, 2.05) is 30.3 Å². The topological polar surface area (TPSA) is 54.7 Å². The highest BCUT2D eigenvalue weighted by Gasteiger charge is 2.08. The lowest BCUT2D eigenvalue weighted by Crippen LogP contribution is -1.86. The first kappa shape index (κ1) is 8.13. The number of nitrogens with one attached hydrogen (secondary N) is 1. The fourth-order valence-corrected chi connectivity index (χ4v) is 1.28. The smallest absolute Gasteiger partial charge is 0.148 e. The number of halogens is 1. The number of hydrogen-bond acceptors (Lipinski definition) is 2. The van der Waals surface area contributed by atoms with Crippen LogP contribution in [0.3, 0.4) is 0 Å². The Morgan fingerprint density at radius 2 is 1.92 bits per heavy atom. The van der Waals surface area contributed by atoms with Gasteiger partial charge in [0.25, 0.3) is 0 Å². The van der Waals surface area contributed by atoms with Crippen LogP contribution >= 0.6 is 11.6 Å². The van der Waals surface area contributed by atoms with Gasteiger partial charge < -0.3 is 5.73 Å². The monoisotopic (exact) mass is 193 g/mol. The van der Waals surface area contributed by atoms with Gasteiger partial charge in [0.15, 0.2) is 0 Å². The van der Waals surface area contributed by atoms with Crippen LogP contribution in [0.25, 0.3) is 11.3 Å². The van der Waals surface area contributed by atoms with Crippen LogP contribution in [0.4, 0.5) is 5.69 Å². The number of hydrogen-bond donors (Lipinski definition) is 2. The van der Waals surface area contributed by atoms with E-state index in [2.05, 4.69) is 10.2 Å². The summed E-state index contributed by atoms with van der Waals surface area (Å²) >= 11 is 5.74. The Kier molecular flexibility index (Phi) is 1.94. The van der Waals surface area contributed by atoms with E-state index in [9.17, 15) is 0 Å². The van der Waals surface area contributed by atoms with Crippen molar-refractivity contribution in [3.8, 4) is 11.3 Å². The van der Waals surface area contributed by atoms with Gasteiger partial charge in [0.2, 0.25) is 0 Å². The van der Waals surface area contributed by atoms with Crippen LogP contribution in [0.1, 0.15) is 0 Å². The number of benzene rings is 1. The number of nitrogens with two attached hydrogens (primary N) is 1. The molecule has 3 nitrogen and oxygen atoms in total. The molecular weight excluding hydrogens is 186 g/mol.